The Bertz CT molecular complexity index is 1950. The topological polar surface area (TPSA) is 84.9 Å². The van der Waals surface area contributed by atoms with Crippen molar-refractivity contribution in [2.75, 3.05) is 11.5 Å². The highest BCUT2D eigenvalue weighted by atomic mass is 79.9. The number of carbonyl (C=O) groups excluding carboxylic acids is 3. The number of anilines is 1. The van der Waals surface area contributed by atoms with Crippen LogP contribution in [0.25, 0.3) is 16.8 Å². The van der Waals surface area contributed by atoms with Gasteiger partial charge in [-0.05, 0) is 148 Å². The van der Waals surface area contributed by atoms with Crippen LogP contribution < -0.4 is 19.7 Å². The van der Waals surface area contributed by atoms with E-state index in [4.69, 9.17) is 9.47 Å². The summed E-state index contributed by atoms with van der Waals surface area (Å²) < 4.78 is 12.8. The van der Waals surface area contributed by atoms with Crippen LogP contribution in [0.5, 0.6) is 11.5 Å². The van der Waals surface area contributed by atoms with Gasteiger partial charge < -0.3 is 9.47 Å². The van der Waals surface area contributed by atoms with Crippen molar-refractivity contribution >= 4 is 56.3 Å². The molecular formula is C40H37BrN2O5. The molecule has 0 radical (unpaired) electrons. The minimum Gasteiger partial charge on any atom is -0.490 e. The van der Waals surface area contributed by atoms with Gasteiger partial charge in [0.05, 0.1) is 16.8 Å². The maximum absolute atomic E-state index is 13.8. The number of nitrogens with one attached hydrogen (secondary N) is 1. The van der Waals surface area contributed by atoms with Crippen LogP contribution in [0.4, 0.5) is 10.5 Å². The first-order valence-electron chi connectivity index (χ1n) is 16.9. The number of urea groups is 1. The molecule has 0 spiro atoms. The first kappa shape index (κ1) is 30.9. The number of hydrogen-bond donors (Lipinski definition) is 1. The Kier molecular flexibility index (Phi) is 7.86. The lowest BCUT2D eigenvalue weighted by Gasteiger charge is -2.57. The van der Waals surface area contributed by atoms with E-state index < -0.39 is 17.8 Å². The number of hydrogen-bond acceptors (Lipinski definition) is 5. The van der Waals surface area contributed by atoms with Crippen LogP contribution in [0.3, 0.4) is 0 Å². The molecule has 4 bridgehead atoms. The third kappa shape index (κ3) is 5.60. The van der Waals surface area contributed by atoms with Crippen molar-refractivity contribution in [3.8, 4) is 11.5 Å². The van der Waals surface area contributed by atoms with Crippen LogP contribution in [-0.2, 0) is 21.6 Å². The summed E-state index contributed by atoms with van der Waals surface area (Å²) in [5.41, 5.74) is 3.37. The maximum atomic E-state index is 13.8. The normalized spacial score (nSPS) is 25.5. The molecule has 5 aliphatic rings. The van der Waals surface area contributed by atoms with Gasteiger partial charge in [0.15, 0.2) is 11.5 Å². The monoisotopic (exact) mass is 704 g/mol. The van der Waals surface area contributed by atoms with E-state index in [0.29, 0.717) is 40.4 Å². The van der Waals surface area contributed by atoms with Gasteiger partial charge in [-0.15, -0.1) is 0 Å². The van der Waals surface area contributed by atoms with Crippen molar-refractivity contribution in [2.45, 2.75) is 57.5 Å². The zero-order valence-electron chi connectivity index (χ0n) is 26.8. The smallest absolute Gasteiger partial charge is 0.335 e. The second-order valence-electron chi connectivity index (χ2n) is 13.9. The molecule has 4 aliphatic carbocycles. The minimum absolute atomic E-state index is 0.140. The molecule has 244 valence electrons. The molecule has 4 aromatic carbocycles. The molecule has 0 unspecified atom stereocenters. The number of imide groups is 2. The number of nitrogens with zero attached hydrogens (tertiary/aromatic N) is 1. The highest BCUT2D eigenvalue weighted by Gasteiger charge is 2.51. The summed E-state index contributed by atoms with van der Waals surface area (Å²) in [6.07, 6.45) is 9.29. The molecule has 1 aliphatic heterocycles. The van der Waals surface area contributed by atoms with Crippen LogP contribution in [0.2, 0.25) is 0 Å². The molecule has 1 N–H and O–H groups in total. The van der Waals surface area contributed by atoms with Gasteiger partial charge in [0, 0.05) is 0 Å². The van der Waals surface area contributed by atoms with Gasteiger partial charge >= 0.3 is 6.03 Å². The molecular weight excluding hydrogens is 668 g/mol. The fourth-order valence-electron chi connectivity index (χ4n) is 9.05. The summed E-state index contributed by atoms with van der Waals surface area (Å²) in [4.78, 5) is 40.9. The Balaban J connectivity index is 1.04. The van der Waals surface area contributed by atoms with Gasteiger partial charge in [-0.3, -0.25) is 14.9 Å². The highest BCUT2D eigenvalue weighted by Crippen LogP contribution is 2.60. The fraction of sp³-hybridized carbons (Fsp3) is 0.325. The molecule has 4 amide bonds. The first-order valence-corrected chi connectivity index (χ1v) is 17.7. The van der Waals surface area contributed by atoms with E-state index in [1.54, 1.807) is 12.1 Å². The number of carbonyl (C=O) groups is 3. The average molecular weight is 706 g/mol. The summed E-state index contributed by atoms with van der Waals surface area (Å²) in [5.74, 6) is 2.03. The van der Waals surface area contributed by atoms with Crippen LogP contribution in [-0.4, -0.2) is 24.5 Å². The minimum atomic E-state index is -0.752. The molecule has 48 heavy (non-hydrogen) atoms. The molecule has 1 saturated heterocycles. The second-order valence-corrected chi connectivity index (χ2v) is 14.8. The summed E-state index contributed by atoms with van der Waals surface area (Å²) in [6, 6.07) is 25.0. The zero-order chi connectivity index (χ0) is 33.0. The summed E-state index contributed by atoms with van der Waals surface area (Å²) >= 11 is 3.61. The molecule has 5 fully saturated rings. The Morgan fingerprint density at radius 1 is 0.854 bits per heavy atom. The predicted molar refractivity (Wildman–Crippen MR) is 189 cm³/mol. The van der Waals surface area contributed by atoms with Gasteiger partial charge in [0.25, 0.3) is 11.8 Å². The average Bonchev–Trinajstić information content (AvgIpc) is 3.06. The van der Waals surface area contributed by atoms with Crippen LogP contribution in [0.1, 0.15) is 62.1 Å². The Morgan fingerprint density at radius 3 is 2.23 bits per heavy atom. The van der Waals surface area contributed by atoms with Crippen molar-refractivity contribution in [3.63, 3.8) is 0 Å². The molecule has 4 saturated carbocycles. The Morgan fingerprint density at radius 2 is 1.54 bits per heavy atom. The number of halogens is 1. The second kappa shape index (κ2) is 12.2. The molecule has 0 aromatic heterocycles. The molecule has 7 nitrogen and oxygen atoms in total. The molecule has 8 heteroatoms. The number of rotatable bonds is 8. The van der Waals surface area contributed by atoms with Crippen molar-refractivity contribution in [3.05, 3.63) is 106 Å². The summed E-state index contributed by atoms with van der Waals surface area (Å²) in [5, 5.41) is 4.65. The Labute approximate surface area is 288 Å². The van der Waals surface area contributed by atoms with Crippen molar-refractivity contribution in [2.24, 2.45) is 17.8 Å². The van der Waals surface area contributed by atoms with Crippen LogP contribution in [0, 0.1) is 17.8 Å². The van der Waals surface area contributed by atoms with Gasteiger partial charge in [0.2, 0.25) is 0 Å². The summed E-state index contributed by atoms with van der Waals surface area (Å²) in [6.45, 7) is 2.59. The SMILES string of the molecule is CCOc1cc(/C=C2\C(=O)NC(=O)N(c3ccc(C45CC6CC(CC(C6)C4)C5)cc3)C2=O)cc(Br)c1OCc1ccc2ccccc2c1. The van der Waals surface area contributed by atoms with E-state index in [-0.39, 0.29) is 11.0 Å². The number of barbiturate groups is 1. The molecule has 4 aromatic rings. The lowest BCUT2D eigenvalue weighted by Crippen LogP contribution is -2.54. The zero-order valence-corrected chi connectivity index (χ0v) is 28.4. The largest absolute Gasteiger partial charge is 0.490 e. The molecule has 1 heterocycles. The van der Waals surface area contributed by atoms with E-state index in [1.807, 2.05) is 37.3 Å². The van der Waals surface area contributed by atoms with Gasteiger partial charge in [-0.1, -0.05) is 48.5 Å². The number of fused-ring (bicyclic) bond motifs is 1. The highest BCUT2D eigenvalue weighted by molar-refractivity contribution is 9.10. The number of ether oxygens (including phenoxy) is 2. The van der Waals surface area contributed by atoms with E-state index in [1.165, 1.54) is 50.2 Å². The first-order chi connectivity index (χ1) is 23.3. The van der Waals surface area contributed by atoms with Gasteiger partial charge in [0.1, 0.15) is 12.2 Å². The fourth-order valence-corrected chi connectivity index (χ4v) is 9.62. The van der Waals surface area contributed by atoms with Crippen molar-refractivity contribution < 1.29 is 23.9 Å². The molecule has 9 rings (SSSR count). The van der Waals surface area contributed by atoms with Gasteiger partial charge in [-0.25, -0.2) is 9.69 Å². The predicted octanol–water partition coefficient (Wildman–Crippen LogP) is 8.71. The third-order valence-corrected chi connectivity index (χ3v) is 11.3. The van der Waals surface area contributed by atoms with E-state index in [2.05, 4.69) is 57.6 Å². The lowest BCUT2D eigenvalue weighted by atomic mass is 9.48. The van der Waals surface area contributed by atoms with E-state index >= 15 is 0 Å². The Hall–Kier alpha value is -4.43. The van der Waals surface area contributed by atoms with Crippen LogP contribution >= 0.6 is 15.9 Å². The maximum Gasteiger partial charge on any atom is 0.335 e. The van der Waals surface area contributed by atoms with E-state index in [0.717, 1.165) is 39.0 Å². The third-order valence-electron chi connectivity index (χ3n) is 10.7. The number of amides is 4. The molecule has 0 atom stereocenters. The number of benzene rings is 4. The lowest BCUT2D eigenvalue weighted by molar-refractivity contribution is -0.122. The van der Waals surface area contributed by atoms with Crippen molar-refractivity contribution in [1.29, 1.82) is 0 Å². The van der Waals surface area contributed by atoms with Gasteiger partial charge in [-0.2, -0.15) is 0 Å². The standard InChI is InChI=1S/C40H37BrN2O5/c1-2-47-35-19-25(18-34(41)36(35)48-23-24-7-8-29-5-3-4-6-30(29)16-24)17-33-37(44)42-39(46)43(38(33)45)32-11-9-31(10-12-32)40-20-26-13-27(21-40)15-28(14-26)22-40/h3-12,16-19,26-28H,2,13-15,20-23H2,1H3,(H,42,44,46)/b33-17+. The van der Waals surface area contributed by atoms with Crippen LogP contribution in [0.15, 0.2) is 88.9 Å². The quantitative estimate of drug-likeness (QED) is 0.147. The van der Waals surface area contributed by atoms with Crippen molar-refractivity contribution in [1.82, 2.24) is 5.32 Å². The summed E-state index contributed by atoms with van der Waals surface area (Å²) in [7, 11) is 0. The van der Waals surface area contributed by atoms with E-state index in [9.17, 15) is 14.4 Å².